The largest absolute Gasteiger partial charge is 0.368 e. The second kappa shape index (κ2) is 4.15. The fraction of sp³-hybridized carbons (Fsp3) is 0.111. The van der Waals surface area contributed by atoms with Gasteiger partial charge in [0, 0.05) is 5.75 Å². The number of aromatic amines is 1. The molecule has 0 saturated heterocycles. The molecule has 14 heavy (non-hydrogen) atoms. The van der Waals surface area contributed by atoms with Gasteiger partial charge < -0.3 is 5.73 Å². The molecule has 2 rings (SSSR count). The average Bonchev–Trinajstić information content (AvgIpc) is 2.63. The predicted octanol–water partition coefficient (Wildman–Crippen LogP) is 1.68. The van der Waals surface area contributed by atoms with Gasteiger partial charge in [-0.05, 0) is 5.56 Å². The second-order valence-corrected chi connectivity index (χ2v) is 3.72. The lowest BCUT2D eigenvalue weighted by molar-refractivity contribution is 0.973. The fourth-order valence-corrected chi connectivity index (χ4v) is 1.81. The minimum absolute atomic E-state index is 0.362. The summed E-state index contributed by atoms with van der Waals surface area (Å²) in [6.07, 6.45) is 0. The molecule has 0 bridgehead atoms. The highest BCUT2D eigenvalue weighted by Crippen LogP contribution is 2.18. The number of anilines is 1. The van der Waals surface area contributed by atoms with Crippen LogP contribution in [0.3, 0.4) is 0 Å². The van der Waals surface area contributed by atoms with E-state index in [0.29, 0.717) is 11.1 Å². The van der Waals surface area contributed by atoms with Gasteiger partial charge >= 0.3 is 0 Å². The Labute approximate surface area is 85.9 Å². The van der Waals surface area contributed by atoms with Crippen LogP contribution in [0.15, 0.2) is 35.5 Å². The zero-order chi connectivity index (χ0) is 9.80. The maximum atomic E-state index is 5.41. The molecule has 72 valence electrons. The van der Waals surface area contributed by atoms with E-state index in [1.807, 2.05) is 18.2 Å². The van der Waals surface area contributed by atoms with Crippen LogP contribution in [0.25, 0.3) is 0 Å². The summed E-state index contributed by atoms with van der Waals surface area (Å²) < 4.78 is 0. The van der Waals surface area contributed by atoms with Crippen LogP contribution >= 0.6 is 11.8 Å². The van der Waals surface area contributed by atoms with Gasteiger partial charge in [0.25, 0.3) is 0 Å². The predicted molar refractivity (Wildman–Crippen MR) is 56.8 cm³/mol. The van der Waals surface area contributed by atoms with E-state index >= 15 is 0 Å². The molecule has 0 radical (unpaired) electrons. The molecule has 1 aromatic carbocycles. The number of hydrogen-bond donors (Lipinski definition) is 2. The zero-order valence-corrected chi connectivity index (χ0v) is 8.29. The Morgan fingerprint density at radius 3 is 2.79 bits per heavy atom. The summed E-state index contributed by atoms with van der Waals surface area (Å²) in [6.45, 7) is 0. The van der Waals surface area contributed by atoms with Crippen molar-refractivity contribution < 1.29 is 0 Å². The van der Waals surface area contributed by atoms with E-state index in [1.165, 1.54) is 5.56 Å². The van der Waals surface area contributed by atoms with Crippen LogP contribution in [0.1, 0.15) is 5.56 Å². The molecule has 0 aliphatic carbocycles. The molecular formula is C9H10N4S. The molecule has 3 N–H and O–H groups in total. The molecule has 0 atom stereocenters. The summed E-state index contributed by atoms with van der Waals surface area (Å²) >= 11 is 1.56. The van der Waals surface area contributed by atoms with Crippen molar-refractivity contribution in [1.82, 2.24) is 15.2 Å². The van der Waals surface area contributed by atoms with Crippen molar-refractivity contribution >= 4 is 17.7 Å². The van der Waals surface area contributed by atoms with Crippen LogP contribution in [0, 0.1) is 0 Å². The Kier molecular flexibility index (Phi) is 2.69. The lowest BCUT2D eigenvalue weighted by atomic mass is 10.2. The summed E-state index contributed by atoms with van der Waals surface area (Å²) in [7, 11) is 0. The maximum absolute atomic E-state index is 5.41. The van der Waals surface area contributed by atoms with E-state index in [9.17, 15) is 0 Å². The smallest absolute Gasteiger partial charge is 0.216 e. The van der Waals surface area contributed by atoms with Crippen molar-refractivity contribution in [2.75, 3.05) is 5.73 Å². The zero-order valence-electron chi connectivity index (χ0n) is 7.47. The highest BCUT2D eigenvalue weighted by atomic mass is 32.2. The molecule has 1 aromatic heterocycles. The highest BCUT2D eigenvalue weighted by molar-refractivity contribution is 7.98. The van der Waals surface area contributed by atoms with Crippen LogP contribution in [-0.4, -0.2) is 15.2 Å². The first-order valence-electron chi connectivity index (χ1n) is 4.19. The number of nitrogens with two attached hydrogens (primary N) is 1. The van der Waals surface area contributed by atoms with Crippen molar-refractivity contribution in [2.45, 2.75) is 10.9 Å². The summed E-state index contributed by atoms with van der Waals surface area (Å²) in [4.78, 5) is 4.00. The van der Waals surface area contributed by atoms with E-state index in [4.69, 9.17) is 5.73 Å². The summed E-state index contributed by atoms with van der Waals surface area (Å²) in [5.41, 5.74) is 6.66. The van der Waals surface area contributed by atoms with Crippen molar-refractivity contribution in [2.24, 2.45) is 0 Å². The molecular weight excluding hydrogens is 198 g/mol. The number of H-pyrrole nitrogens is 1. The minimum atomic E-state index is 0.362. The van der Waals surface area contributed by atoms with Crippen LogP contribution in [0.2, 0.25) is 0 Å². The molecule has 0 unspecified atom stereocenters. The number of aromatic nitrogens is 3. The molecule has 1 heterocycles. The average molecular weight is 208 g/mol. The highest BCUT2D eigenvalue weighted by Gasteiger charge is 2.00. The number of nitrogens with zero attached hydrogens (tertiary/aromatic N) is 2. The fourth-order valence-electron chi connectivity index (χ4n) is 1.04. The maximum Gasteiger partial charge on any atom is 0.216 e. The minimum Gasteiger partial charge on any atom is -0.368 e. The third-order valence-electron chi connectivity index (χ3n) is 1.69. The lowest BCUT2D eigenvalue weighted by Gasteiger charge is -1.96. The summed E-state index contributed by atoms with van der Waals surface area (Å²) in [5, 5.41) is 7.22. The molecule has 2 aromatic rings. The van der Waals surface area contributed by atoms with Gasteiger partial charge in [0.05, 0.1) is 0 Å². The Morgan fingerprint density at radius 1 is 1.36 bits per heavy atom. The molecule has 0 aliphatic heterocycles. The summed E-state index contributed by atoms with van der Waals surface area (Å²) in [5.74, 6) is 1.22. The molecule has 0 spiro atoms. The van der Waals surface area contributed by atoms with E-state index in [0.717, 1.165) is 5.75 Å². The normalized spacial score (nSPS) is 10.3. The topological polar surface area (TPSA) is 67.6 Å². The van der Waals surface area contributed by atoms with Gasteiger partial charge in [0.15, 0.2) is 0 Å². The first kappa shape index (κ1) is 9.08. The second-order valence-electron chi connectivity index (χ2n) is 2.78. The Balaban J connectivity index is 1.95. The summed E-state index contributed by atoms with van der Waals surface area (Å²) in [6, 6.07) is 10.2. The third-order valence-corrected chi connectivity index (χ3v) is 2.61. The molecule has 0 fully saturated rings. The van der Waals surface area contributed by atoms with E-state index in [2.05, 4.69) is 27.3 Å². The van der Waals surface area contributed by atoms with Gasteiger partial charge in [0.1, 0.15) is 0 Å². The number of nitrogens with one attached hydrogen (secondary N) is 1. The van der Waals surface area contributed by atoms with Crippen molar-refractivity contribution in [3.63, 3.8) is 0 Å². The number of thioether (sulfide) groups is 1. The molecule has 5 heteroatoms. The number of benzene rings is 1. The van der Waals surface area contributed by atoms with E-state index in [-0.39, 0.29) is 0 Å². The van der Waals surface area contributed by atoms with Gasteiger partial charge in [-0.3, -0.25) is 0 Å². The molecule has 0 amide bonds. The number of nitrogen functional groups attached to an aromatic ring is 1. The van der Waals surface area contributed by atoms with E-state index < -0.39 is 0 Å². The lowest BCUT2D eigenvalue weighted by Crippen LogP contribution is -1.85. The van der Waals surface area contributed by atoms with Gasteiger partial charge in [-0.15, -0.1) is 5.10 Å². The molecule has 0 aliphatic rings. The SMILES string of the molecule is Nc1n[14c](SCc2ccccc2)n[nH]1. The van der Waals surface area contributed by atoms with Crippen LogP contribution < -0.4 is 5.73 Å². The van der Waals surface area contributed by atoms with Crippen LogP contribution in [-0.2, 0) is 5.75 Å². The standard InChI is InChI=1S/C9H10N4S/c10-8-11-9(13-12-8)14-6-7-4-2-1-3-5-7/h1-5H,6H2,(H3,10,11,12,13)/i9+2. The number of hydrogen-bond acceptors (Lipinski definition) is 4. The quantitative estimate of drug-likeness (QED) is 0.753. The molecule has 4 nitrogen and oxygen atoms in total. The number of rotatable bonds is 3. The Morgan fingerprint density at radius 2 is 2.14 bits per heavy atom. The van der Waals surface area contributed by atoms with Gasteiger partial charge in [-0.25, -0.2) is 5.10 Å². The van der Waals surface area contributed by atoms with Crippen molar-refractivity contribution in [3.8, 4) is 0 Å². The Hall–Kier alpha value is -1.49. The van der Waals surface area contributed by atoms with Gasteiger partial charge in [-0.1, -0.05) is 42.1 Å². The first-order valence-corrected chi connectivity index (χ1v) is 5.18. The first-order chi connectivity index (χ1) is 6.84. The van der Waals surface area contributed by atoms with Crippen molar-refractivity contribution in [3.05, 3.63) is 35.9 Å². The molecule has 0 saturated carbocycles. The van der Waals surface area contributed by atoms with E-state index in [1.54, 1.807) is 11.8 Å². The Bertz CT molecular complexity index is 398. The van der Waals surface area contributed by atoms with Gasteiger partial charge in [-0.2, -0.15) is 4.98 Å². The van der Waals surface area contributed by atoms with Crippen LogP contribution in [0.5, 0.6) is 0 Å². The van der Waals surface area contributed by atoms with Gasteiger partial charge in [0.2, 0.25) is 11.1 Å². The monoisotopic (exact) mass is 208 g/mol. The van der Waals surface area contributed by atoms with Crippen molar-refractivity contribution in [1.29, 1.82) is 0 Å². The van der Waals surface area contributed by atoms with Crippen LogP contribution in [0.4, 0.5) is 5.95 Å². The third kappa shape index (κ3) is 2.26.